The largest absolute Gasteiger partial charge is 0.461 e. The van der Waals surface area contributed by atoms with E-state index >= 15 is 0 Å². The second kappa shape index (κ2) is 5.95. The molecule has 1 heterocycles. The van der Waals surface area contributed by atoms with E-state index in [2.05, 4.69) is 26.2 Å². The van der Waals surface area contributed by atoms with E-state index in [1.165, 1.54) is 0 Å². The number of hydrogen-bond donors (Lipinski definition) is 1. The van der Waals surface area contributed by atoms with Gasteiger partial charge in [0.2, 0.25) is 0 Å². The minimum absolute atomic E-state index is 0.0839. The number of rotatable bonds is 5. The van der Waals surface area contributed by atoms with E-state index in [1.54, 1.807) is 14.0 Å². The monoisotopic (exact) mass is 306 g/mol. The number of ether oxygens (including phenoxy) is 1. The highest BCUT2D eigenvalue weighted by molar-refractivity contribution is 9.09. The second-order valence-corrected chi connectivity index (χ2v) is 4.28. The van der Waals surface area contributed by atoms with E-state index in [9.17, 15) is 9.59 Å². The Morgan fingerprint density at radius 3 is 2.75 bits per heavy atom. The van der Waals surface area contributed by atoms with Crippen molar-refractivity contribution in [3.63, 3.8) is 0 Å². The fourth-order valence-corrected chi connectivity index (χ4v) is 2.32. The summed E-state index contributed by atoms with van der Waals surface area (Å²) in [5.41, 5.74) is 0.0839. The van der Waals surface area contributed by atoms with E-state index in [0.717, 1.165) is 11.3 Å². The summed E-state index contributed by atoms with van der Waals surface area (Å²) in [6.07, 6.45) is 0. The topological polar surface area (TPSA) is 68.3 Å². The van der Waals surface area contributed by atoms with E-state index in [4.69, 9.17) is 4.74 Å². The number of hydrogen-bond acceptors (Lipinski definition) is 6. The molecule has 1 rings (SSSR count). The lowest BCUT2D eigenvalue weighted by atomic mass is 10.3. The molecule has 0 radical (unpaired) electrons. The molecule has 1 N–H and O–H groups in total. The highest BCUT2D eigenvalue weighted by Crippen LogP contribution is 2.24. The molecule has 88 valence electrons. The summed E-state index contributed by atoms with van der Waals surface area (Å²) in [4.78, 5) is 27.4. The molecule has 0 saturated heterocycles. The molecule has 0 amide bonds. The SMILES string of the molecule is CCOC(=O)c1nc(NC)sc1C(=O)CBr. The summed E-state index contributed by atoms with van der Waals surface area (Å²) in [7, 11) is 1.68. The minimum atomic E-state index is -0.565. The van der Waals surface area contributed by atoms with Gasteiger partial charge in [0.25, 0.3) is 0 Å². The normalized spacial score (nSPS) is 9.94. The summed E-state index contributed by atoms with van der Waals surface area (Å²) in [5, 5.41) is 3.47. The van der Waals surface area contributed by atoms with Gasteiger partial charge in [-0.15, -0.1) is 0 Å². The zero-order chi connectivity index (χ0) is 12.1. The number of Topliss-reactive ketones (excluding diaryl/α,β-unsaturated/α-hetero) is 1. The van der Waals surface area contributed by atoms with Crippen LogP contribution in [-0.4, -0.2) is 35.7 Å². The molecule has 0 spiro atoms. The Labute approximate surface area is 105 Å². The first-order valence-corrected chi connectivity index (χ1v) is 6.52. The maximum Gasteiger partial charge on any atom is 0.358 e. The van der Waals surface area contributed by atoms with Gasteiger partial charge in [-0.05, 0) is 6.92 Å². The molecule has 0 aliphatic heterocycles. The zero-order valence-electron chi connectivity index (χ0n) is 8.87. The van der Waals surface area contributed by atoms with Gasteiger partial charge in [-0.1, -0.05) is 27.3 Å². The van der Waals surface area contributed by atoms with Crippen LogP contribution in [0.1, 0.15) is 27.1 Å². The van der Waals surface area contributed by atoms with Crippen LogP contribution < -0.4 is 5.32 Å². The van der Waals surface area contributed by atoms with Crippen LogP contribution in [0.2, 0.25) is 0 Å². The summed E-state index contributed by atoms with van der Waals surface area (Å²) in [6.45, 7) is 1.96. The number of ketones is 1. The van der Waals surface area contributed by atoms with Crippen LogP contribution in [0.5, 0.6) is 0 Å². The first-order chi connectivity index (χ1) is 7.63. The molecule has 0 aromatic carbocycles. The summed E-state index contributed by atoms with van der Waals surface area (Å²) in [6, 6.07) is 0. The fourth-order valence-electron chi connectivity index (χ4n) is 1.01. The maximum atomic E-state index is 11.6. The molecular formula is C9H11BrN2O3S. The van der Waals surface area contributed by atoms with Crippen LogP contribution in [-0.2, 0) is 4.74 Å². The quantitative estimate of drug-likeness (QED) is 0.511. The molecule has 7 heteroatoms. The van der Waals surface area contributed by atoms with Gasteiger partial charge in [0.05, 0.1) is 11.9 Å². The third-order valence-electron chi connectivity index (χ3n) is 1.68. The minimum Gasteiger partial charge on any atom is -0.461 e. The molecule has 0 fully saturated rings. The van der Waals surface area contributed by atoms with E-state index in [-0.39, 0.29) is 23.4 Å². The smallest absolute Gasteiger partial charge is 0.358 e. The van der Waals surface area contributed by atoms with Gasteiger partial charge in [-0.3, -0.25) is 4.79 Å². The Kier molecular flexibility index (Phi) is 4.88. The van der Waals surface area contributed by atoms with Crippen molar-refractivity contribution in [3.05, 3.63) is 10.6 Å². The highest BCUT2D eigenvalue weighted by atomic mass is 79.9. The number of carbonyl (C=O) groups is 2. The van der Waals surface area contributed by atoms with Crippen molar-refractivity contribution in [3.8, 4) is 0 Å². The number of anilines is 1. The van der Waals surface area contributed by atoms with Crippen molar-refractivity contribution in [2.45, 2.75) is 6.92 Å². The molecular weight excluding hydrogens is 296 g/mol. The predicted molar refractivity (Wildman–Crippen MR) is 65.7 cm³/mol. The Balaban J connectivity index is 3.09. The van der Waals surface area contributed by atoms with Gasteiger partial charge < -0.3 is 10.1 Å². The number of thiazole rings is 1. The first-order valence-electron chi connectivity index (χ1n) is 4.58. The molecule has 0 atom stereocenters. The van der Waals surface area contributed by atoms with Crippen LogP contribution in [0.3, 0.4) is 0 Å². The van der Waals surface area contributed by atoms with Crippen LogP contribution >= 0.6 is 27.3 Å². The molecule has 1 aromatic heterocycles. The molecule has 1 aromatic rings. The molecule has 0 bridgehead atoms. The predicted octanol–water partition coefficient (Wildman–Crippen LogP) is 1.94. The Bertz CT molecular complexity index is 405. The standard InChI is InChI=1S/C9H11BrN2O3S/c1-3-15-8(14)6-7(5(13)4-10)16-9(11-2)12-6/h3-4H2,1-2H3,(H,11,12). The van der Waals surface area contributed by atoms with Crippen molar-refractivity contribution in [1.29, 1.82) is 0 Å². The van der Waals surface area contributed by atoms with Crippen LogP contribution in [0.25, 0.3) is 0 Å². The van der Waals surface area contributed by atoms with Crippen LogP contribution in [0.15, 0.2) is 0 Å². The van der Waals surface area contributed by atoms with Gasteiger partial charge in [0.15, 0.2) is 16.6 Å². The third-order valence-corrected chi connectivity index (χ3v) is 3.31. The summed E-state index contributed by atoms with van der Waals surface area (Å²) in [5.74, 6) is -0.744. The summed E-state index contributed by atoms with van der Waals surface area (Å²) >= 11 is 4.21. The summed E-state index contributed by atoms with van der Waals surface area (Å²) < 4.78 is 4.83. The average molecular weight is 307 g/mol. The van der Waals surface area contributed by atoms with E-state index < -0.39 is 5.97 Å². The Hall–Kier alpha value is -0.950. The van der Waals surface area contributed by atoms with Gasteiger partial charge in [0, 0.05) is 7.05 Å². The van der Waals surface area contributed by atoms with Crippen molar-refractivity contribution >= 4 is 44.2 Å². The Morgan fingerprint density at radius 1 is 1.56 bits per heavy atom. The van der Waals surface area contributed by atoms with Crippen LogP contribution in [0.4, 0.5) is 5.13 Å². The molecule has 16 heavy (non-hydrogen) atoms. The van der Waals surface area contributed by atoms with E-state index in [0.29, 0.717) is 10.0 Å². The number of halogens is 1. The number of nitrogens with zero attached hydrogens (tertiary/aromatic N) is 1. The van der Waals surface area contributed by atoms with Crippen LogP contribution in [0, 0.1) is 0 Å². The molecule has 0 aliphatic carbocycles. The highest BCUT2D eigenvalue weighted by Gasteiger charge is 2.23. The lowest BCUT2D eigenvalue weighted by Gasteiger charge is -1.99. The molecule has 0 unspecified atom stereocenters. The average Bonchev–Trinajstić information content (AvgIpc) is 2.72. The number of nitrogens with one attached hydrogen (secondary N) is 1. The lowest BCUT2D eigenvalue weighted by molar-refractivity contribution is 0.0517. The Morgan fingerprint density at radius 2 is 2.25 bits per heavy atom. The third kappa shape index (κ3) is 2.79. The maximum absolute atomic E-state index is 11.6. The first kappa shape index (κ1) is 13.1. The molecule has 5 nitrogen and oxygen atoms in total. The number of carbonyl (C=O) groups excluding carboxylic acids is 2. The lowest BCUT2D eigenvalue weighted by Crippen LogP contribution is -2.11. The van der Waals surface area contributed by atoms with E-state index in [1.807, 2.05) is 0 Å². The number of esters is 1. The van der Waals surface area contributed by atoms with Crippen molar-refractivity contribution in [1.82, 2.24) is 4.98 Å². The number of aromatic nitrogens is 1. The second-order valence-electron chi connectivity index (χ2n) is 2.72. The van der Waals surface area contributed by atoms with Crippen molar-refractivity contribution in [2.75, 3.05) is 24.3 Å². The van der Waals surface area contributed by atoms with Crippen molar-refractivity contribution in [2.24, 2.45) is 0 Å². The van der Waals surface area contributed by atoms with Crippen molar-refractivity contribution < 1.29 is 14.3 Å². The van der Waals surface area contributed by atoms with Gasteiger partial charge >= 0.3 is 5.97 Å². The van der Waals surface area contributed by atoms with Gasteiger partial charge in [0.1, 0.15) is 4.88 Å². The number of alkyl halides is 1. The van der Waals surface area contributed by atoms with Gasteiger partial charge in [-0.2, -0.15) is 0 Å². The molecule has 0 saturated carbocycles. The fraction of sp³-hybridized carbons (Fsp3) is 0.444. The zero-order valence-corrected chi connectivity index (χ0v) is 11.3. The van der Waals surface area contributed by atoms with Gasteiger partial charge in [-0.25, -0.2) is 9.78 Å². The molecule has 0 aliphatic rings.